The van der Waals surface area contributed by atoms with Crippen molar-refractivity contribution >= 4 is 23.5 Å². The van der Waals surface area contributed by atoms with E-state index >= 15 is 0 Å². The number of H-pyrrole nitrogens is 1. The van der Waals surface area contributed by atoms with Crippen LogP contribution < -0.4 is 0 Å². The van der Waals surface area contributed by atoms with Crippen molar-refractivity contribution in [3.8, 4) is 0 Å². The standard InChI is InChI=1S/C19H23NO3S/c1-11-8-6-7-9-15(11)10-24-14(4)18(21)17-12(2)16(13(3)20-17)19(22)23-5/h6-9,14,20H,10H2,1-5H3/t14-/m0/s1. The number of esters is 1. The molecule has 2 rings (SSSR count). The highest BCUT2D eigenvalue weighted by Crippen LogP contribution is 2.26. The predicted octanol–water partition coefficient (Wildman–Crippen LogP) is 4.23. The number of Topliss-reactive ketones (excluding diaryl/α,β-unsaturated/α-hetero) is 1. The number of carbonyl (C=O) groups is 2. The molecule has 24 heavy (non-hydrogen) atoms. The van der Waals surface area contributed by atoms with Crippen LogP contribution in [-0.4, -0.2) is 29.1 Å². The molecule has 0 radical (unpaired) electrons. The highest BCUT2D eigenvalue weighted by molar-refractivity contribution is 7.99. The molecule has 128 valence electrons. The maximum Gasteiger partial charge on any atom is 0.339 e. The molecule has 0 amide bonds. The molecule has 0 aliphatic carbocycles. The first kappa shape index (κ1) is 18.3. The molecule has 1 aromatic carbocycles. The Balaban J connectivity index is 2.14. The lowest BCUT2D eigenvalue weighted by Gasteiger charge is -2.11. The number of aromatic amines is 1. The highest BCUT2D eigenvalue weighted by Gasteiger charge is 2.25. The molecule has 1 heterocycles. The second-order valence-electron chi connectivity index (χ2n) is 5.86. The van der Waals surface area contributed by atoms with Crippen molar-refractivity contribution in [3.63, 3.8) is 0 Å². The van der Waals surface area contributed by atoms with E-state index in [1.165, 1.54) is 18.2 Å². The lowest BCUT2D eigenvalue weighted by molar-refractivity contribution is 0.0599. The number of hydrogen-bond acceptors (Lipinski definition) is 4. The molecule has 0 unspecified atom stereocenters. The molecule has 0 fully saturated rings. The van der Waals surface area contributed by atoms with E-state index in [4.69, 9.17) is 4.74 Å². The first-order chi connectivity index (χ1) is 11.4. The van der Waals surface area contributed by atoms with Crippen molar-refractivity contribution < 1.29 is 14.3 Å². The molecule has 1 N–H and O–H groups in total. The smallest absolute Gasteiger partial charge is 0.339 e. The van der Waals surface area contributed by atoms with Crippen LogP contribution in [0.2, 0.25) is 0 Å². The van der Waals surface area contributed by atoms with Crippen LogP contribution in [0.5, 0.6) is 0 Å². The zero-order chi connectivity index (χ0) is 17.9. The van der Waals surface area contributed by atoms with E-state index in [2.05, 4.69) is 24.0 Å². The monoisotopic (exact) mass is 345 g/mol. The molecule has 0 spiro atoms. The van der Waals surface area contributed by atoms with Crippen molar-refractivity contribution in [2.75, 3.05) is 7.11 Å². The number of ether oxygens (including phenoxy) is 1. The molecule has 4 nitrogen and oxygen atoms in total. The molecule has 1 atom stereocenters. The van der Waals surface area contributed by atoms with Crippen LogP contribution in [-0.2, 0) is 10.5 Å². The van der Waals surface area contributed by atoms with Gasteiger partial charge < -0.3 is 9.72 Å². The van der Waals surface area contributed by atoms with Gasteiger partial charge in [-0.2, -0.15) is 0 Å². The van der Waals surface area contributed by atoms with Crippen LogP contribution in [0.15, 0.2) is 24.3 Å². The summed E-state index contributed by atoms with van der Waals surface area (Å²) in [7, 11) is 1.34. The number of methoxy groups -OCH3 is 1. The molecule has 0 saturated carbocycles. The van der Waals surface area contributed by atoms with Crippen molar-refractivity contribution in [1.29, 1.82) is 0 Å². The number of benzene rings is 1. The molecule has 0 saturated heterocycles. The van der Waals surface area contributed by atoms with Crippen molar-refractivity contribution in [1.82, 2.24) is 4.98 Å². The van der Waals surface area contributed by atoms with Gasteiger partial charge in [0.2, 0.25) is 0 Å². The van der Waals surface area contributed by atoms with Gasteiger partial charge >= 0.3 is 5.97 Å². The molecule has 2 aromatic rings. The van der Waals surface area contributed by atoms with Crippen molar-refractivity contribution in [3.05, 3.63) is 57.9 Å². The quantitative estimate of drug-likeness (QED) is 0.629. The van der Waals surface area contributed by atoms with E-state index in [-0.39, 0.29) is 11.0 Å². The first-order valence-corrected chi connectivity index (χ1v) is 8.89. The van der Waals surface area contributed by atoms with E-state index in [0.29, 0.717) is 22.5 Å². The maximum atomic E-state index is 12.7. The van der Waals surface area contributed by atoms with Crippen molar-refractivity contribution in [2.24, 2.45) is 0 Å². The first-order valence-electron chi connectivity index (χ1n) is 7.84. The number of aromatic nitrogens is 1. The maximum absolute atomic E-state index is 12.7. The van der Waals surface area contributed by atoms with E-state index < -0.39 is 5.97 Å². The largest absolute Gasteiger partial charge is 0.465 e. The summed E-state index contributed by atoms with van der Waals surface area (Å²) in [6, 6.07) is 8.18. The summed E-state index contributed by atoms with van der Waals surface area (Å²) in [5.74, 6) is 0.368. The summed E-state index contributed by atoms with van der Waals surface area (Å²) in [6.45, 7) is 7.53. The predicted molar refractivity (Wildman–Crippen MR) is 97.9 cm³/mol. The Bertz CT molecular complexity index is 764. The zero-order valence-electron chi connectivity index (χ0n) is 14.7. The van der Waals surface area contributed by atoms with Crippen LogP contribution in [0.25, 0.3) is 0 Å². The van der Waals surface area contributed by atoms with Gasteiger partial charge in [0.25, 0.3) is 0 Å². The number of aryl methyl sites for hydroxylation is 2. The summed E-state index contributed by atoms with van der Waals surface area (Å²) in [5, 5.41) is -0.202. The van der Waals surface area contributed by atoms with Gasteiger partial charge in [0.15, 0.2) is 5.78 Å². The lowest BCUT2D eigenvalue weighted by Crippen LogP contribution is -2.16. The van der Waals surface area contributed by atoms with Gasteiger partial charge in [-0.05, 0) is 44.4 Å². The number of nitrogens with one attached hydrogen (secondary N) is 1. The second kappa shape index (κ2) is 7.71. The summed E-state index contributed by atoms with van der Waals surface area (Å²) in [6.07, 6.45) is 0. The SMILES string of the molecule is COC(=O)c1c(C)[nH]c(C(=O)[C@H](C)SCc2ccccc2C)c1C. The summed E-state index contributed by atoms with van der Waals surface area (Å²) >= 11 is 1.60. The van der Waals surface area contributed by atoms with Gasteiger partial charge in [0.1, 0.15) is 0 Å². The molecule has 0 aliphatic heterocycles. The third-order valence-corrected chi connectivity index (χ3v) is 5.38. The van der Waals surface area contributed by atoms with Crippen molar-refractivity contribution in [2.45, 2.75) is 38.7 Å². The Morgan fingerprint density at radius 3 is 2.50 bits per heavy atom. The third-order valence-electron chi connectivity index (χ3n) is 4.19. The molecular formula is C19H23NO3S. The van der Waals surface area contributed by atoms with Gasteiger partial charge in [-0.3, -0.25) is 4.79 Å². The number of rotatable bonds is 6. The van der Waals surface area contributed by atoms with Gasteiger partial charge in [-0.25, -0.2) is 4.79 Å². The molecule has 0 aliphatic rings. The fraction of sp³-hybridized carbons (Fsp3) is 0.368. The molecule has 0 bridgehead atoms. The Hall–Kier alpha value is -2.01. The van der Waals surface area contributed by atoms with Gasteiger partial charge in [-0.15, -0.1) is 11.8 Å². The Kier molecular flexibility index (Phi) is 5.89. The fourth-order valence-electron chi connectivity index (χ4n) is 2.67. The van der Waals surface area contributed by atoms with E-state index in [1.54, 1.807) is 25.6 Å². The average Bonchev–Trinajstić information content (AvgIpc) is 2.87. The van der Waals surface area contributed by atoms with Crippen LogP contribution in [0.1, 0.15) is 50.2 Å². The second-order valence-corrected chi connectivity index (χ2v) is 7.19. The number of carbonyl (C=O) groups excluding carboxylic acids is 2. The summed E-state index contributed by atoms with van der Waals surface area (Å²) in [5.41, 5.74) is 4.74. The summed E-state index contributed by atoms with van der Waals surface area (Å²) in [4.78, 5) is 27.6. The minimum Gasteiger partial charge on any atom is -0.465 e. The minimum absolute atomic E-state index is 0.00402. The van der Waals surface area contributed by atoms with E-state index in [9.17, 15) is 9.59 Å². The van der Waals surface area contributed by atoms with Gasteiger partial charge in [0, 0.05) is 11.4 Å². The Morgan fingerprint density at radius 2 is 1.88 bits per heavy atom. The van der Waals surface area contributed by atoms with Crippen LogP contribution >= 0.6 is 11.8 Å². The fourth-order valence-corrected chi connectivity index (χ4v) is 3.69. The number of thioether (sulfide) groups is 1. The minimum atomic E-state index is -0.416. The van der Waals surface area contributed by atoms with E-state index in [0.717, 1.165) is 5.75 Å². The zero-order valence-corrected chi connectivity index (χ0v) is 15.5. The van der Waals surface area contributed by atoms with Gasteiger partial charge in [-0.1, -0.05) is 24.3 Å². The number of ketones is 1. The van der Waals surface area contributed by atoms with E-state index in [1.807, 2.05) is 19.1 Å². The third kappa shape index (κ3) is 3.73. The Morgan fingerprint density at radius 1 is 1.21 bits per heavy atom. The highest BCUT2D eigenvalue weighted by atomic mass is 32.2. The van der Waals surface area contributed by atoms with Crippen LogP contribution in [0.3, 0.4) is 0 Å². The Labute approximate surface area is 147 Å². The normalized spacial score (nSPS) is 12.0. The molecule has 1 aromatic heterocycles. The average molecular weight is 345 g/mol. The van der Waals surface area contributed by atoms with Crippen LogP contribution in [0.4, 0.5) is 0 Å². The number of hydrogen-bond donors (Lipinski definition) is 1. The summed E-state index contributed by atoms with van der Waals surface area (Å²) < 4.78 is 4.79. The topological polar surface area (TPSA) is 59.2 Å². The lowest BCUT2D eigenvalue weighted by atomic mass is 10.1. The van der Waals surface area contributed by atoms with Crippen LogP contribution in [0, 0.1) is 20.8 Å². The molecule has 5 heteroatoms. The molecular weight excluding hydrogens is 322 g/mol. The van der Waals surface area contributed by atoms with Gasteiger partial charge in [0.05, 0.1) is 23.6 Å².